The highest BCUT2D eigenvalue weighted by Gasteiger charge is 2.25. The zero-order valence-electron chi connectivity index (χ0n) is 13.3. The predicted molar refractivity (Wildman–Crippen MR) is 95.4 cm³/mol. The number of nitrogens with zero attached hydrogens (tertiary/aromatic N) is 2. The minimum atomic E-state index is -0.778. The van der Waals surface area contributed by atoms with Gasteiger partial charge in [0.1, 0.15) is 5.75 Å². The van der Waals surface area contributed by atoms with Crippen LogP contribution in [0.5, 0.6) is 11.5 Å². The summed E-state index contributed by atoms with van der Waals surface area (Å²) in [6.07, 6.45) is 1.47. The zero-order chi connectivity index (χ0) is 19.6. The summed E-state index contributed by atoms with van der Waals surface area (Å²) < 4.78 is 5.49. The fraction of sp³-hybridized carbons (Fsp3) is 0. The molecular formula is C16H9N3O7S. The molecule has 2 amide bonds. The summed E-state index contributed by atoms with van der Waals surface area (Å²) in [6.45, 7) is 0. The van der Waals surface area contributed by atoms with Gasteiger partial charge in [-0.1, -0.05) is 12.1 Å². The molecule has 0 saturated carbocycles. The van der Waals surface area contributed by atoms with Crippen LogP contribution >= 0.6 is 11.8 Å². The molecule has 0 radical (unpaired) electrons. The number of hydrogen-bond acceptors (Lipinski definition) is 8. The van der Waals surface area contributed by atoms with E-state index in [1.807, 2.05) is 0 Å². The molecule has 11 heteroatoms. The number of amides is 2. The Labute approximate surface area is 155 Å². The van der Waals surface area contributed by atoms with Gasteiger partial charge >= 0.3 is 5.69 Å². The van der Waals surface area contributed by atoms with E-state index in [4.69, 9.17) is 4.74 Å². The van der Waals surface area contributed by atoms with Crippen LogP contribution in [0.1, 0.15) is 5.56 Å². The lowest BCUT2D eigenvalue weighted by atomic mass is 10.2. The van der Waals surface area contributed by atoms with Gasteiger partial charge in [-0.25, -0.2) is 0 Å². The summed E-state index contributed by atoms with van der Waals surface area (Å²) in [5.74, 6) is -0.461. The summed E-state index contributed by atoms with van der Waals surface area (Å²) in [4.78, 5) is 43.4. The van der Waals surface area contributed by atoms with Gasteiger partial charge in [-0.05, 0) is 41.6 Å². The molecule has 0 aliphatic carbocycles. The van der Waals surface area contributed by atoms with Crippen molar-refractivity contribution in [1.29, 1.82) is 0 Å². The van der Waals surface area contributed by atoms with Crippen LogP contribution in [-0.2, 0) is 4.79 Å². The Morgan fingerprint density at radius 3 is 2.44 bits per heavy atom. The number of carbonyl (C=O) groups excluding carboxylic acids is 2. The van der Waals surface area contributed by atoms with Crippen LogP contribution in [0.3, 0.4) is 0 Å². The van der Waals surface area contributed by atoms with Crippen LogP contribution in [0, 0.1) is 20.2 Å². The van der Waals surface area contributed by atoms with Crippen LogP contribution in [0.15, 0.2) is 47.4 Å². The Hall–Kier alpha value is -3.73. The molecule has 0 bridgehead atoms. The molecule has 0 atom stereocenters. The summed E-state index contributed by atoms with van der Waals surface area (Å²) in [6, 6.07) is 9.33. The number of nitrogens with one attached hydrogen (secondary N) is 1. The van der Waals surface area contributed by atoms with Crippen molar-refractivity contribution in [2.45, 2.75) is 0 Å². The van der Waals surface area contributed by atoms with Crippen molar-refractivity contribution in [2.24, 2.45) is 0 Å². The van der Waals surface area contributed by atoms with Gasteiger partial charge < -0.3 is 4.74 Å². The first-order valence-electron chi connectivity index (χ1n) is 7.29. The van der Waals surface area contributed by atoms with Gasteiger partial charge in [0.15, 0.2) is 0 Å². The molecule has 0 spiro atoms. The molecule has 3 rings (SSSR count). The summed E-state index contributed by atoms with van der Waals surface area (Å²) in [5.41, 5.74) is -0.449. The molecule has 1 aliphatic heterocycles. The summed E-state index contributed by atoms with van der Waals surface area (Å²) >= 11 is 0.757. The highest BCUT2D eigenvalue weighted by atomic mass is 32.2. The van der Waals surface area contributed by atoms with E-state index in [1.54, 1.807) is 12.1 Å². The molecule has 1 aliphatic rings. The third kappa shape index (κ3) is 4.10. The van der Waals surface area contributed by atoms with Crippen LogP contribution in [0.2, 0.25) is 0 Å². The monoisotopic (exact) mass is 387 g/mol. The van der Waals surface area contributed by atoms with E-state index in [-0.39, 0.29) is 16.4 Å². The minimum absolute atomic E-state index is 0.168. The number of benzene rings is 2. The largest absolute Gasteiger partial charge is 0.450 e. The third-order valence-electron chi connectivity index (χ3n) is 3.38. The van der Waals surface area contributed by atoms with E-state index in [0.29, 0.717) is 5.56 Å². The molecule has 1 N–H and O–H groups in total. The second-order valence-corrected chi connectivity index (χ2v) is 6.21. The first-order chi connectivity index (χ1) is 12.8. The lowest BCUT2D eigenvalue weighted by Crippen LogP contribution is -2.17. The number of non-ortho nitro benzene ring substituents is 1. The lowest BCUT2D eigenvalue weighted by molar-refractivity contribution is -0.394. The molecule has 0 unspecified atom stereocenters. The van der Waals surface area contributed by atoms with E-state index in [2.05, 4.69) is 5.32 Å². The van der Waals surface area contributed by atoms with Gasteiger partial charge in [0.25, 0.3) is 16.8 Å². The van der Waals surface area contributed by atoms with Crippen molar-refractivity contribution in [3.8, 4) is 11.5 Å². The molecular weight excluding hydrogens is 378 g/mol. The Balaban J connectivity index is 1.90. The maximum Gasteiger partial charge on any atom is 0.318 e. The van der Waals surface area contributed by atoms with Crippen molar-refractivity contribution >= 4 is 40.4 Å². The minimum Gasteiger partial charge on any atom is -0.450 e. The first-order valence-corrected chi connectivity index (χ1v) is 8.11. The van der Waals surface area contributed by atoms with Gasteiger partial charge in [0.2, 0.25) is 5.75 Å². The molecule has 0 aromatic heterocycles. The second-order valence-electron chi connectivity index (χ2n) is 5.19. The number of hydrogen-bond donors (Lipinski definition) is 1. The number of rotatable bonds is 5. The van der Waals surface area contributed by atoms with Crippen LogP contribution in [0.4, 0.5) is 16.2 Å². The van der Waals surface area contributed by atoms with E-state index in [9.17, 15) is 29.8 Å². The quantitative estimate of drug-likeness (QED) is 0.466. The predicted octanol–water partition coefficient (Wildman–Crippen LogP) is 3.62. The van der Waals surface area contributed by atoms with Gasteiger partial charge in [0, 0.05) is 6.07 Å². The fourth-order valence-corrected chi connectivity index (χ4v) is 2.90. The Bertz CT molecular complexity index is 1020. The number of carbonyl (C=O) groups is 2. The molecule has 2 aromatic rings. The van der Waals surface area contributed by atoms with Gasteiger partial charge in [0.05, 0.1) is 20.8 Å². The van der Waals surface area contributed by atoms with Crippen LogP contribution in [0.25, 0.3) is 6.08 Å². The second kappa shape index (κ2) is 7.25. The van der Waals surface area contributed by atoms with Crippen molar-refractivity contribution in [1.82, 2.24) is 5.32 Å². The van der Waals surface area contributed by atoms with Crippen LogP contribution in [-0.4, -0.2) is 21.0 Å². The number of ether oxygens (including phenoxy) is 1. The average molecular weight is 387 g/mol. The van der Waals surface area contributed by atoms with Crippen molar-refractivity contribution in [2.75, 3.05) is 0 Å². The molecule has 27 heavy (non-hydrogen) atoms. The SMILES string of the molecule is O=C1NC(=O)C(=Cc2cccc(Oc3ccc([N+](=O)[O-])cc3[N+](=O)[O-])c2)S1. The van der Waals surface area contributed by atoms with Gasteiger partial charge in [-0.2, -0.15) is 0 Å². The fourth-order valence-electron chi connectivity index (χ4n) is 2.22. The van der Waals surface area contributed by atoms with E-state index >= 15 is 0 Å². The van der Waals surface area contributed by atoms with Crippen molar-refractivity contribution in [3.63, 3.8) is 0 Å². The van der Waals surface area contributed by atoms with E-state index in [1.165, 1.54) is 18.2 Å². The zero-order valence-corrected chi connectivity index (χ0v) is 14.1. The number of nitro benzene ring substituents is 2. The van der Waals surface area contributed by atoms with Gasteiger partial charge in [-0.15, -0.1) is 0 Å². The molecule has 136 valence electrons. The van der Waals surface area contributed by atoms with Gasteiger partial charge in [-0.3, -0.25) is 35.1 Å². The maximum absolute atomic E-state index is 11.6. The molecule has 1 heterocycles. The first kappa shape index (κ1) is 18.1. The highest BCUT2D eigenvalue weighted by molar-refractivity contribution is 8.18. The highest BCUT2D eigenvalue weighted by Crippen LogP contribution is 2.35. The van der Waals surface area contributed by atoms with Crippen LogP contribution < -0.4 is 10.1 Å². The van der Waals surface area contributed by atoms with E-state index < -0.39 is 32.4 Å². The Morgan fingerprint density at radius 1 is 1.04 bits per heavy atom. The molecule has 1 fully saturated rings. The lowest BCUT2D eigenvalue weighted by Gasteiger charge is -2.07. The van der Waals surface area contributed by atoms with Crippen molar-refractivity contribution < 1.29 is 24.2 Å². The third-order valence-corrected chi connectivity index (χ3v) is 4.19. The molecule has 10 nitrogen and oxygen atoms in total. The maximum atomic E-state index is 11.6. The standard InChI is InChI=1S/C16H9N3O7S/c20-15-14(27-16(21)17-15)7-9-2-1-3-11(6-9)26-13-5-4-10(18(22)23)8-12(13)19(24)25/h1-8H,(H,17,20,21). The Morgan fingerprint density at radius 2 is 1.81 bits per heavy atom. The summed E-state index contributed by atoms with van der Waals surface area (Å²) in [5, 5.41) is 23.6. The molecule has 1 saturated heterocycles. The summed E-state index contributed by atoms with van der Waals surface area (Å²) in [7, 11) is 0. The number of imide groups is 1. The van der Waals surface area contributed by atoms with Crippen molar-refractivity contribution in [3.05, 3.63) is 73.2 Å². The molecule has 2 aromatic carbocycles. The Kier molecular flexibility index (Phi) is 4.86. The van der Waals surface area contributed by atoms with E-state index in [0.717, 1.165) is 30.0 Å². The smallest absolute Gasteiger partial charge is 0.318 e. The topological polar surface area (TPSA) is 142 Å². The number of nitro groups is 2. The normalized spacial score (nSPS) is 14.9. The number of thioether (sulfide) groups is 1. The average Bonchev–Trinajstić information content (AvgIpc) is 2.92.